The second kappa shape index (κ2) is 9.76. The molecule has 0 bridgehead atoms. The van der Waals surface area contributed by atoms with E-state index in [1.807, 2.05) is 22.6 Å². The molecule has 2 aromatic rings. The molecular formula is C17H17F2IN2O4. The fourth-order valence-corrected chi connectivity index (χ4v) is 2.46. The lowest BCUT2D eigenvalue weighted by atomic mass is 10.1. The molecular weight excluding hydrogens is 461 g/mol. The van der Waals surface area contributed by atoms with E-state index in [4.69, 9.17) is 14.7 Å². The standard InChI is InChI=1S/C17H17F2IN2O4/c1-25-12(8-23)9-26-22-17(24)13-4-2-10(18)6-16(13)21-15-5-3-11(20)7-14(15)19/h2-7,12,21,23H,8-9H2,1H3,(H,22,24). The van der Waals surface area contributed by atoms with Crippen molar-refractivity contribution in [2.24, 2.45) is 0 Å². The first-order chi connectivity index (χ1) is 12.4. The third kappa shape index (κ3) is 5.59. The van der Waals surface area contributed by atoms with Crippen LogP contribution < -0.4 is 10.8 Å². The third-order valence-electron chi connectivity index (χ3n) is 3.40. The maximum Gasteiger partial charge on any atom is 0.276 e. The molecule has 0 aliphatic carbocycles. The highest BCUT2D eigenvalue weighted by Crippen LogP contribution is 2.25. The third-order valence-corrected chi connectivity index (χ3v) is 4.07. The van der Waals surface area contributed by atoms with Crippen LogP contribution in [0.1, 0.15) is 10.4 Å². The number of ether oxygens (including phenoxy) is 1. The number of rotatable bonds is 8. The Morgan fingerprint density at radius 2 is 2.00 bits per heavy atom. The van der Waals surface area contributed by atoms with Crippen LogP contribution in [0.25, 0.3) is 0 Å². The topological polar surface area (TPSA) is 79.8 Å². The van der Waals surface area contributed by atoms with Gasteiger partial charge in [-0.1, -0.05) is 0 Å². The van der Waals surface area contributed by atoms with E-state index in [0.29, 0.717) is 3.57 Å². The number of hydrogen-bond acceptors (Lipinski definition) is 5. The van der Waals surface area contributed by atoms with Gasteiger partial charge in [-0.2, -0.15) is 0 Å². The summed E-state index contributed by atoms with van der Waals surface area (Å²) in [4.78, 5) is 17.3. The molecule has 0 spiro atoms. The van der Waals surface area contributed by atoms with Crippen LogP contribution in [0.5, 0.6) is 0 Å². The van der Waals surface area contributed by atoms with Crippen LogP contribution >= 0.6 is 22.6 Å². The Bertz CT molecular complexity index is 772. The minimum Gasteiger partial charge on any atom is -0.394 e. The normalized spacial score (nSPS) is 11.9. The Hall–Kier alpha value is -1.82. The molecule has 26 heavy (non-hydrogen) atoms. The monoisotopic (exact) mass is 478 g/mol. The van der Waals surface area contributed by atoms with E-state index < -0.39 is 23.6 Å². The van der Waals surface area contributed by atoms with Gasteiger partial charge in [0.15, 0.2) is 0 Å². The Balaban J connectivity index is 2.15. The fourth-order valence-electron chi connectivity index (χ4n) is 2.00. The highest BCUT2D eigenvalue weighted by atomic mass is 127. The van der Waals surface area contributed by atoms with Gasteiger partial charge in [0.05, 0.1) is 23.5 Å². The van der Waals surface area contributed by atoms with E-state index in [1.165, 1.54) is 25.3 Å². The second-order valence-corrected chi connectivity index (χ2v) is 6.47. The Labute approximate surface area is 162 Å². The molecule has 1 amide bonds. The maximum atomic E-state index is 14.0. The highest BCUT2D eigenvalue weighted by molar-refractivity contribution is 14.1. The summed E-state index contributed by atoms with van der Waals surface area (Å²) in [5.74, 6) is -1.78. The molecule has 0 saturated carbocycles. The zero-order valence-electron chi connectivity index (χ0n) is 13.8. The summed E-state index contributed by atoms with van der Waals surface area (Å²) < 4.78 is 33.2. The fraction of sp³-hybridized carbons (Fsp3) is 0.235. The predicted octanol–water partition coefficient (Wildman–Crippen LogP) is 2.98. The van der Waals surface area contributed by atoms with Crippen LogP contribution in [0.15, 0.2) is 36.4 Å². The van der Waals surface area contributed by atoms with Gasteiger partial charge in [0.1, 0.15) is 24.3 Å². The number of hydrogen-bond donors (Lipinski definition) is 3. The van der Waals surface area contributed by atoms with Gasteiger partial charge < -0.3 is 15.2 Å². The van der Waals surface area contributed by atoms with Crippen LogP contribution in [0.3, 0.4) is 0 Å². The summed E-state index contributed by atoms with van der Waals surface area (Å²) in [6.07, 6.45) is -0.595. The molecule has 1 unspecified atom stereocenters. The first-order valence-electron chi connectivity index (χ1n) is 7.52. The lowest BCUT2D eigenvalue weighted by Crippen LogP contribution is -2.31. The molecule has 9 heteroatoms. The molecule has 0 radical (unpaired) electrons. The number of halogens is 3. The van der Waals surface area contributed by atoms with Gasteiger partial charge in [0.2, 0.25) is 0 Å². The minimum absolute atomic E-state index is 0.0577. The zero-order valence-corrected chi connectivity index (χ0v) is 15.9. The first kappa shape index (κ1) is 20.5. The molecule has 0 heterocycles. The SMILES string of the molecule is COC(CO)CONC(=O)c1ccc(F)cc1Nc1ccc(I)cc1F. The van der Waals surface area contributed by atoms with Gasteiger partial charge in [0.25, 0.3) is 5.91 Å². The largest absolute Gasteiger partial charge is 0.394 e. The molecule has 0 aromatic heterocycles. The summed E-state index contributed by atoms with van der Waals surface area (Å²) in [5, 5.41) is 11.7. The predicted molar refractivity (Wildman–Crippen MR) is 100 cm³/mol. The number of methoxy groups -OCH3 is 1. The van der Waals surface area contributed by atoms with Crippen LogP contribution in [0, 0.1) is 15.2 Å². The summed E-state index contributed by atoms with van der Waals surface area (Å²) in [5.41, 5.74) is 2.42. The molecule has 0 aliphatic heterocycles. The van der Waals surface area contributed by atoms with E-state index in [9.17, 15) is 13.6 Å². The molecule has 2 rings (SSSR count). The van der Waals surface area contributed by atoms with E-state index >= 15 is 0 Å². The summed E-state index contributed by atoms with van der Waals surface area (Å²) in [6, 6.07) is 7.91. The number of carbonyl (C=O) groups excluding carboxylic acids is 1. The molecule has 1 atom stereocenters. The van der Waals surface area contributed by atoms with Crippen molar-refractivity contribution in [3.63, 3.8) is 0 Å². The molecule has 0 saturated heterocycles. The van der Waals surface area contributed by atoms with Gasteiger partial charge in [-0.25, -0.2) is 14.3 Å². The molecule has 6 nitrogen and oxygen atoms in total. The van der Waals surface area contributed by atoms with Gasteiger partial charge in [-0.05, 0) is 59.0 Å². The average Bonchev–Trinajstić information content (AvgIpc) is 2.61. The van der Waals surface area contributed by atoms with Gasteiger partial charge in [0, 0.05) is 10.7 Å². The smallest absolute Gasteiger partial charge is 0.276 e. The van der Waals surface area contributed by atoms with Crippen molar-refractivity contribution in [3.8, 4) is 0 Å². The van der Waals surface area contributed by atoms with E-state index in [2.05, 4.69) is 10.8 Å². The number of aliphatic hydroxyl groups is 1. The quantitative estimate of drug-likeness (QED) is 0.402. The highest BCUT2D eigenvalue weighted by Gasteiger charge is 2.15. The molecule has 2 aromatic carbocycles. The second-order valence-electron chi connectivity index (χ2n) is 5.22. The van der Waals surface area contributed by atoms with Gasteiger partial charge in [-0.15, -0.1) is 0 Å². The van der Waals surface area contributed by atoms with Crippen molar-refractivity contribution in [2.75, 3.05) is 25.6 Å². The molecule has 0 aliphatic rings. The summed E-state index contributed by atoms with van der Waals surface area (Å²) in [6.45, 7) is -0.351. The van der Waals surface area contributed by atoms with Crippen LogP contribution in [-0.2, 0) is 9.57 Å². The van der Waals surface area contributed by atoms with E-state index in [0.717, 1.165) is 12.1 Å². The van der Waals surface area contributed by atoms with Gasteiger partial charge in [-0.3, -0.25) is 9.63 Å². The van der Waals surface area contributed by atoms with Crippen LogP contribution in [0.4, 0.5) is 20.2 Å². The van der Waals surface area contributed by atoms with Crippen molar-refractivity contribution >= 4 is 39.9 Å². The Morgan fingerprint density at radius 1 is 1.23 bits per heavy atom. The number of benzene rings is 2. The number of hydroxylamine groups is 1. The lowest BCUT2D eigenvalue weighted by molar-refractivity contribution is -0.0469. The average molecular weight is 478 g/mol. The lowest BCUT2D eigenvalue weighted by Gasteiger charge is -2.15. The molecule has 140 valence electrons. The van der Waals surface area contributed by atoms with E-state index in [-0.39, 0.29) is 30.2 Å². The van der Waals surface area contributed by atoms with Crippen molar-refractivity contribution in [1.29, 1.82) is 0 Å². The Morgan fingerprint density at radius 3 is 2.65 bits per heavy atom. The zero-order chi connectivity index (χ0) is 19.1. The van der Waals surface area contributed by atoms with Crippen molar-refractivity contribution in [1.82, 2.24) is 5.48 Å². The molecule has 3 N–H and O–H groups in total. The van der Waals surface area contributed by atoms with E-state index in [1.54, 1.807) is 6.07 Å². The minimum atomic E-state index is -0.661. The number of aliphatic hydroxyl groups excluding tert-OH is 1. The van der Waals surface area contributed by atoms with Crippen LogP contribution in [0.2, 0.25) is 0 Å². The maximum absolute atomic E-state index is 14.0. The van der Waals surface area contributed by atoms with Gasteiger partial charge >= 0.3 is 0 Å². The Kier molecular flexibility index (Phi) is 7.69. The first-order valence-corrected chi connectivity index (χ1v) is 8.60. The summed E-state index contributed by atoms with van der Waals surface area (Å²) in [7, 11) is 1.39. The number of amides is 1. The van der Waals surface area contributed by atoms with Crippen molar-refractivity contribution in [2.45, 2.75) is 6.10 Å². The number of carbonyl (C=O) groups is 1. The van der Waals surface area contributed by atoms with Crippen molar-refractivity contribution in [3.05, 3.63) is 57.2 Å². The number of nitrogens with one attached hydrogen (secondary N) is 2. The number of anilines is 2. The van der Waals surface area contributed by atoms with Crippen LogP contribution in [-0.4, -0.2) is 37.4 Å². The summed E-state index contributed by atoms with van der Waals surface area (Å²) >= 11 is 1.97. The van der Waals surface area contributed by atoms with Crippen molar-refractivity contribution < 1.29 is 28.3 Å². The molecule has 0 fully saturated rings.